The van der Waals surface area contributed by atoms with Gasteiger partial charge < -0.3 is 19.8 Å². The lowest BCUT2D eigenvalue weighted by Crippen LogP contribution is -2.39. The molecule has 1 aliphatic heterocycles. The number of halogens is 3. The molecular weight excluding hydrogens is 473 g/mol. The van der Waals surface area contributed by atoms with Crippen LogP contribution in [-0.4, -0.2) is 47.9 Å². The van der Waals surface area contributed by atoms with E-state index in [4.69, 9.17) is 0 Å². The molecule has 0 saturated heterocycles. The van der Waals surface area contributed by atoms with Crippen LogP contribution in [0.5, 0.6) is 0 Å². The average molecular weight is 499 g/mol. The highest BCUT2D eigenvalue weighted by atomic mass is 19.4. The molecule has 3 aromatic heterocycles. The summed E-state index contributed by atoms with van der Waals surface area (Å²) in [5, 5.41) is 13.6. The number of fused-ring (bicyclic) bond motifs is 1. The largest absolute Gasteiger partial charge is 0.409 e. The maximum Gasteiger partial charge on any atom is 0.409 e. The molecule has 0 radical (unpaired) electrons. The lowest BCUT2D eigenvalue weighted by molar-refractivity contribution is -0.159. The summed E-state index contributed by atoms with van der Waals surface area (Å²) in [6.07, 6.45) is 6.37. The molecule has 1 unspecified atom stereocenters. The van der Waals surface area contributed by atoms with Crippen LogP contribution in [0.3, 0.4) is 0 Å². The van der Waals surface area contributed by atoms with Crippen LogP contribution in [0.4, 0.5) is 13.2 Å². The summed E-state index contributed by atoms with van der Waals surface area (Å²) in [6.45, 7) is 3.83. The summed E-state index contributed by atoms with van der Waals surface area (Å²) >= 11 is 0. The number of imidazole rings is 1. The summed E-state index contributed by atoms with van der Waals surface area (Å²) in [7, 11) is 0. The Kier molecular flexibility index (Phi) is 6.20. The normalized spacial score (nSPS) is 18.8. The first-order valence-corrected chi connectivity index (χ1v) is 11.6. The third-order valence-electron chi connectivity index (χ3n) is 6.23. The second-order valence-electron chi connectivity index (χ2n) is 8.84. The van der Waals surface area contributed by atoms with Gasteiger partial charge in [0.15, 0.2) is 5.82 Å². The maximum atomic E-state index is 13.4. The monoisotopic (exact) mass is 498 g/mol. The van der Waals surface area contributed by atoms with Crippen LogP contribution in [0, 0.1) is 0 Å². The molecule has 0 spiro atoms. The average Bonchev–Trinajstić information content (AvgIpc) is 3.41. The second kappa shape index (κ2) is 9.34. The zero-order valence-electron chi connectivity index (χ0n) is 19.8. The summed E-state index contributed by atoms with van der Waals surface area (Å²) in [5.74, 6) is 0.304. The van der Waals surface area contributed by atoms with Crippen molar-refractivity contribution in [3.05, 3.63) is 71.7 Å². The molecule has 1 atom stereocenters. The van der Waals surface area contributed by atoms with Gasteiger partial charge in [0.05, 0.1) is 17.7 Å². The number of rotatable bonds is 6. The number of hydrogen-bond acceptors (Lipinski definition) is 6. The number of carbonyl (C=O) groups excluding carboxylic acids is 1. The van der Waals surface area contributed by atoms with Crippen molar-refractivity contribution in [2.75, 3.05) is 6.54 Å². The minimum Gasteiger partial charge on any atom is -0.325 e. The van der Waals surface area contributed by atoms with Crippen molar-refractivity contribution in [2.45, 2.75) is 51.4 Å². The third-order valence-corrected chi connectivity index (χ3v) is 6.23. The van der Waals surface area contributed by atoms with Gasteiger partial charge in [-0.3, -0.25) is 9.78 Å². The first kappa shape index (κ1) is 23.9. The van der Waals surface area contributed by atoms with Crippen LogP contribution in [0.1, 0.15) is 66.5 Å². The molecule has 0 aromatic carbocycles. The predicted octanol–water partition coefficient (Wildman–Crippen LogP) is 3.68. The van der Waals surface area contributed by atoms with E-state index in [1.807, 2.05) is 23.6 Å². The van der Waals surface area contributed by atoms with Gasteiger partial charge in [0.25, 0.3) is 5.91 Å². The Morgan fingerprint density at radius 2 is 2.06 bits per heavy atom. The Balaban J connectivity index is 1.35. The van der Waals surface area contributed by atoms with Crippen LogP contribution in [0.15, 0.2) is 48.8 Å². The first-order chi connectivity index (χ1) is 17.3. The molecule has 3 aromatic rings. The minimum absolute atomic E-state index is 0.0479. The van der Waals surface area contributed by atoms with E-state index in [1.54, 1.807) is 23.9 Å². The molecule has 188 valence electrons. The molecule has 2 N–H and O–H groups in total. The highest BCUT2D eigenvalue weighted by Crippen LogP contribution is 2.37. The van der Waals surface area contributed by atoms with Crippen LogP contribution in [-0.2, 0) is 6.42 Å². The molecule has 1 aliphatic carbocycles. The molecular formula is C24H25F3N8O. The lowest BCUT2D eigenvalue weighted by Gasteiger charge is -2.26. The fourth-order valence-electron chi connectivity index (χ4n) is 4.35. The predicted molar refractivity (Wildman–Crippen MR) is 125 cm³/mol. The van der Waals surface area contributed by atoms with E-state index >= 15 is 0 Å². The molecule has 1 saturated carbocycles. The quantitative estimate of drug-likeness (QED) is 0.503. The molecule has 36 heavy (non-hydrogen) atoms. The molecule has 0 bridgehead atoms. The van der Waals surface area contributed by atoms with Crippen molar-refractivity contribution in [1.82, 2.24) is 39.9 Å². The van der Waals surface area contributed by atoms with Gasteiger partial charge in [-0.1, -0.05) is 6.08 Å². The number of allylic oxidation sites excluding steroid dienone is 4. The Morgan fingerprint density at radius 3 is 2.78 bits per heavy atom. The molecule has 2 aliphatic rings. The van der Waals surface area contributed by atoms with E-state index in [2.05, 4.69) is 30.8 Å². The number of nitrogens with one attached hydrogen (secondary N) is 2. The fraction of sp³-hybridized carbons (Fsp3) is 0.375. The van der Waals surface area contributed by atoms with Crippen molar-refractivity contribution in [3.63, 3.8) is 0 Å². The van der Waals surface area contributed by atoms with E-state index in [0.717, 1.165) is 24.2 Å². The number of amides is 1. The van der Waals surface area contributed by atoms with Crippen molar-refractivity contribution >= 4 is 11.5 Å². The Morgan fingerprint density at radius 1 is 1.25 bits per heavy atom. The minimum atomic E-state index is -4.45. The first-order valence-electron chi connectivity index (χ1n) is 11.6. The molecule has 1 fully saturated rings. The van der Waals surface area contributed by atoms with E-state index in [-0.39, 0.29) is 17.9 Å². The number of aromatic nitrogens is 6. The number of hydrogen-bond donors (Lipinski definition) is 2. The molecule has 12 heteroatoms. The highest BCUT2D eigenvalue weighted by Gasteiger charge is 2.45. The summed E-state index contributed by atoms with van der Waals surface area (Å²) in [6, 6.07) is 1.77. The van der Waals surface area contributed by atoms with Gasteiger partial charge in [-0.2, -0.15) is 13.2 Å². The fourth-order valence-corrected chi connectivity index (χ4v) is 4.35. The number of nitrogens with zero attached hydrogens (tertiary/aromatic N) is 6. The summed E-state index contributed by atoms with van der Waals surface area (Å²) < 4.78 is 43.8. The molecule has 4 heterocycles. The van der Waals surface area contributed by atoms with Crippen LogP contribution >= 0.6 is 0 Å². The van der Waals surface area contributed by atoms with Crippen LogP contribution in [0.2, 0.25) is 0 Å². The van der Waals surface area contributed by atoms with Gasteiger partial charge in [-0.05, 0) is 44.9 Å². The third kappa shape index (κ3) is 4.68. The maximum absolute atomic E-state index is 13.4. The molecule has 1 amide bonds. The van der Waals surface area contributed by atoms with E-state index in [9.17, 15) is 18.0 Å². The summed E-state index contributed by atoms with van der Waals surface area (Å²) in [4.78, 5) is 21.1. The standard InChI is InChI=1S/C24H25F3N8O/c1-3-15(22-33-31-13-35(22)16-4-5-16)10-14(2)32-23(36)18-11-17(6-8-28-18)34-12-30-20-19(34)7-9-29-21(20)24(25,26)27/h3,6,8,10-13,16,21,29H,4-5,7,9H2,1-2H3,(H,32,36)/b14-10+,15-3+. The van der Waals surface area contributed by atoms with Gasteiger partial charge in [-0.15, -0.1) is 10.2 Å². The van der Waals surface area contributed by atoms with Gasteiger partial charge in [-0.25, -0.2) is 4.98 Å². The smallest absolute Gasteiger partial charge is 0.325 e. The zero-order chi connectivity index (χ0) is 25.4. The Hall–Kier alpha value is -3.80. The Labute approximate surface area is 205 Å². The number of alkyl halides is 3. The van der Waals surface area contributed by atoms with Crippen LogP contribution < -0.4 is 10.6 Å². The van der Waals surface area contributed by atoms with Crippen molar-refractivity contribution in [3.8, 4) is 5.69 Å². The number of carbonyl (C=O) groups is 1. The summed E-state index contributed by atoms with van der Waals surface area (Å²) in [5.41, 5.74) is 2.48. The van der Waals surface area contributed by atoms with Crippen LogP contribution in [0.25, 0.3) is 11.3 Å². The lowest BCUT2D eigenvalue weighted by atomic mass is 10.0. The van der Waals surface area contributed by atoms with Crippen molar-refractivity contribution in [1.29, 1.82) is 0 Å². The van der Waals surface area contributed by atoms with Crippen molar-refractivity contribution in [2.24, 2.45) is 0 Å². The number of pyridine rings is 1. The van der Waals surface area contributed by atoms with E-state index in [1.165, 1.54) is 18.6 Å². The molecule has 5 rings (SSSR count). The molecule has 9 nitrogen and oxygen atoms in total. The van der Waals surface area contributed by atoms with Gasteiger partial charge >= 0.3 is 6.18 Å². The Bertz CT molecular complexity index is 1350. The van der Waals surface area contributed by atoms with Gasteiger partial charge in [0, 0.05) is 42.2 Å². The van der Waals surface area contributed by atoms with Gasteiger partial charge in [0.1, 0.15) is 18.1 Å². The van der Waals surface area contributed by atoms with E-state index < -0.39 is 18.1 Å². The second-order valence-corrected chi connectivity index (χ2v) is 8.84. The van der Waals surface area contributed by atoms with E-state index in [0.29, 0.717) is 29.5 Å². The SMILES string of the molecule is C/C=C(\C=C(/C)NC(=O)c1cc(-n2cnc3c2CCNC3C(F)(F)F)ccn1)c1nncn1C1CC1. The van der Waals surface area contributed by atoms with Gasteiger partial charge in [0.2, 0.25) is 0 Å². The zero-order valence-corrected chi connectivity index (χ0v) is 19.8. The highest BCUT2D eigenvalue weighted by molar-refractivity contribution is 5.94. The topological polar surface area (TPSA) is 103 Å². The van der Waals surface area contributed by atoms with Crippen molar-refractivity contribution < 1.29 is 18.0 Å².